The summed E-state index contributed by atoms with van der Waals surface area (Å²) in [4.78, 5) is -0.291. The second-order valence-corrected chi connectivity index (χ2v) is 7.07. The van der Waals surface area contributed by atoms with Gasteiger partial charge in [0.05, 0.1) is 0 Å². The van der Waals surface area contributed by atoms with Crippen molar-refractivity contribution in [3.8, 4) is 0 Å². The number of hydrogen-bond donors (Lipinski definition) is 1. The Morgan fingerprint density at radius 2 is 2.06 bits per heavy atom. The molecule has 0 heterocycles. The Bertz CT molecular complexity index is 526. The minimum atomic E-state index is -3.74. The molecule has 1 fully saturated rings. The first kappa shape index (κ1) is 13.0. The summed E-state index contributed by atoms with van der Waals surface area (Å²) in [5.74, 6) is -0.197. The summed E-state index contributed by atoms with van der Waals surface area (Å²) in [6, 6.07) is 3.88. The van der Waals surface area contributed by atoms with Gasteiger partial charge < -0.3 is 0 Å². The molecule has 2 rings (SSSR count). The Hall–Kier alpha value is -0.460. The zero-order valence-electron chi connectivity index (χ0n) is 9.28. The molecule has 0 aromatic heterocycles. The van der Waals surface area contributed by atoms with Gasteiger partial charge in [0, 0.05) is 10.5 Å². The SMILES string of the molecule is CC1CC(NS(=O)(=O)c2ccc(Br)cc2F)C1. The number of halogens is 2. The number of rotatable bonds is 3. The summed E-state index contributed by atoms with van der Waals surface area (Å²) >= 11 is 3.09. The van der Waals surface area contributed by atoms with Gasteiger partial charge in [-0.2, -0.15) is 0 Å². The fraction of sp³-hybridized carbons (Fsp3) is 0.455. The summed E-state index contributed by atoms with van der Waals surface area (Å²) in [6.45, 7) is 2.06. The van der Waals surface area contributed by atoms with Crippen molar-refractivity contribution >= 4 is 26.0 Å². The second-order valence-electron chi connectivity index (χ2n) is 4.47. The zero-order valence-corrected chi connectivity index (χ0v) is 11.7. The van der Waals surface area contributed by atoms with E-state index in [1.54, 1.807) is 0 Å². The topological polar surface area (TPSA) is 46.2 Å². The number of nitrogens with one attached hydrogen (secondary N) is 1. The fourth-order valence-corrected chi connectivity index (χ4v) is 3.63. The van der Waals surface area contributed by atoms with E-state index >= 15 is 0 Å². The van der Waals surface area contributed by atoms with Gasteiger partial charge in [-0.25, -0.2) is 17.5 Å². The largest absolute Gasteiger partial charge is 0.243 e. The lowest BCUT2D eigenvalue weighted by Crippen LogP contribution is -2.43. The van der Waals surface area contributed by atoms with E-state index in [9.17, 15) is 12.8 Å². The Balaban J connectivity index is 2.20. The van der Waals surface area contributed by atoms with Crippen LogP contribution < -0.4 is 4.72 Å². The highest BCUT2D eigenvalue weighted by Crippen LogP contribution is 2.28. The molecular weight excluding hydrogens is 309 g/mol. The van der Waals surface area contributed by atoms with Crippen molar-refractivity contribution in [2.45, 2.75) is 30.7 Å². The summed E-state index contributed by atoms with van der Waals surface area (Å²) < 4.78 is 40.4. The van der Waals surface area contributed by atoms with Crippen molar-refractivity contribution in [3.63, 3.8) is 0 Å². The van der Waals surface area contributed by atoms with Crippen molar-refractivity contribution in [2.75, 3.05) is 0 Å². The molecule has 3 nitrogen and oxygen atoms in total. The van der Waals surface area contributed by atoms with Crippen LogP contribution in [-0.4, -0.2) is 14.5 Å². The smallest absolute Gasteiger partial charge is 0.208 e. The van der Waals surface area contributed by atoms with E-state index in [4.69, 9.17) is 0 Å². The lowest BCUT2D eigenvalue weighted by molar-refractivity contribution is 0.270. The van der Waals surface area contributed by atoms with E-state index in [0.29, 0.717) is 10.4 Å². The molecule has 0 spiro atoms. The van der Waals surface area contributed by atoms with Gasteiger partial charge in [-0.15, -0.1) is 0 Å². The molecule has 0 atom stereocenters. The average molecular weight is 322 g/mol. The van der Waals surface area contributed by atoms with Crippen LogP contribution in [0.4, 0.5) is 4.39 Å². The van der Waals surface area contributed by atoms with Crippen LogP contribution in [0.25, 0.3) is 0 Å². The van der Waals surface area contributed by atoms with E-state index in [0.717, 1.165) is 18.9 Å². The van der Waals surface area contributed by atoms with Crippen LogP contribution in [0.5, 0.6) is 0 Å². The van der Waals surface area contributed by atoms with Gasteiger partial charge in [0.25, 0.3) is 0 Å². The third-order valence-corrected chi connectivity index (χ3v) is 4.93. The molecule has 1 N–H and O–H groups in total. The molecule has 1 aliphatic rings. The lowest BCUT2D eigenvalue weighted by atomic mass is 9.83. The van der Waals surface area contributed by atoms with Gasteiger partial charge in [-0.3, -0.25) is 0 Å². The minimum absolute atomic E-state index is 0.0574. The van der Waals surface area contributed by atoms with Gasteiger partial charge in [0.15, 0.2) is 0 Å². The standard InChI is InChI=1S/C11H13BrFNO2S/c1-7-4-9(5-7)14-17(15,16)11-3-2-8(12)6-10(11)13/h2-3,6-7,9,14H,4-5H2,1H3. The van der Waals surface area contributed by atoms with E-state index < -0.39 is 15.8 Å². The molecule has 0 amide bonds. The molecule has 0 saturated heterocycles. The number of sulfonamides is 1. The van der Waals surface area contributed by atoms with Crippen LogP contribution in [-0.2, 0) is 10.0 Å². The van der Waals surface area contributed by atoms with E-state index in [2.05, 4.69) is 27.6 Å². The van der Waals surface area contributed by atoms with Crippen LogP contribution in [0.15, 0.2) is 27.6 Å². The highest BCUT2D eigenvalue weighted by molar-refractivity contribution is 9.10. The molecule has 0 aliphatic heterocycles. The molecule has 1 aliphatic carbocycles. The Kier molecular flexibility index (Phi) is 3.56. The predicted molar refractivity (Wildman–Crippen MR) is 66.6 cm³/mol. The van der Waals surface area contributed by atoms with E-state index in [-0.39, 0.29) is 10.9 Å². The van der Waals surface area contributed by atoms with E-state index in [1.807, 2.05) is 0 Å². The third-order valence-electron chi connectivity index (χ3n) is 2.88. The Labute approximate surface area is 109 Å². The van der Waals surface area contributed by atoms with Crippen LogP contribution in [0, 0.1) is 11.7 Å². The predicted octanol–water partition coefficient (Wildman–Crippen LogP) is 2.67. The Morgan fingerprint density at radius 3 is 2.59 bits per heavy atom. The first-order chi connectivity index (χ1) is 7.88. The summed E-state index contributed by atoms with van der Waals surface area (Å²) in [6.07, 6.45) is 1.63. The van der Waals surface area contributed by atoms with Crippen molar-refractivity contribution in [3.05, 3.63) is 28.5 Å². The third kappa shape index (κ3) is 2.86. The van der Waals surface area contributed by atoms with Crippen molar-refractivity contribution < 1.29 is 12.8 Å². The molecule has 94 valence electrons. The molecule has 0 bridgehead atoms. The van der Waals surface area contributed by atoms with Gasteiger partial charge in [0.2, 0.25) is 10.0 Å². The van der Waals surface area contributed by atoms with Crippen molar-refractivity contribution in [2.24, 2.45) is 5.92 Å². The van der Waals surface area contributed by atoms with Gasteiger partial charge >= 0.3 is 0 Å². The summed E-state index contributed by atoms with van der Waals surface area (Å²) in [5, 5.41) is 0. The van der Waals surface area contributed by atoms with Gasteiger partial charge in [-0.05, 0) is 37.0 Å². The molecule has 0 unspecified atom stereocenters. The summed E-state index contributed by atoms with van der Waals surface area (Å²) in [7, 11) is -3.74. The monoisotopic (exact) mass is 321 g/mol. The minimum Gasteiger partial charge on any atom is -0.208 e. The lowest BCUT2D eigenvalue weighted by Gasteiger charge is -2.32. The van der Waals surface area contributed by atoms with Crippen LogP contribution >= 0.6 is 15.9 Å². The molecule has 6 heteroatoms. The first-order valence-electron chi connectivity index (χ1n) is 5.36. The maximum atomic E-state index is 13.5. The molecular formula is C11H13BrFNO2S. The average Bonchev–Trinajstić information content (AvgIpc) is 2.14. The second kappa shape index (κ2) is 4.66. The molecule has 1 aromatic carbocycles. The number of benzene rings is 1. The van der Waals surface area contributed by atoms with Gasteiger partial charge in [0.1, 0.15) is 10.7 Å². The number of hydrogen-bond acceptors (Lipinski definition) is 2. The first-order valence-corrected chi connectivity index (χ1v) is 7.63. The molecule has 0 radical (unpaired) electrons. The molecule has 1 aromatic rings. The normalized spacial score (nSPS) is 24.4. The van der Waals surface area contributed by atoms with Crippen LogP contribution in [0.2, 0.25) is 0 Å². The van der Waals surface area contributed by atoms with E-state index in [1.165, 1.54) is 12.1 Å². The summed E-state index contributed by atoms with van der Waals surface area (Å²) in [5.41, 5.74) is 0. The molecule has 1 saturated carbocycles. The van der Waals surface area contributed by atoms with Crippen LogP contribution in [0.1, 0.15) is 19.8 Å². The Morgan fingerprint density at radius 1 is 1.41 bits per heavy atom. The highest BCUT2D eigenvalue weighted by Gasteiger charge is 2.30. The van der Waals surface area contributed by atoms with Crippen molar-refractivity contribution in [1.82, 2.24) is 4.72 Å². The molecule has 17 heavy (non-hydrogen) atoms. The fourth-order valence-electron chi connectivity index (χ4n) is 1.97. The zero-order chi connectivity index (χ0) is 12.6. The maximum absolute atomic E-state index is 13.5. The van der Waals surface area contributed by atoms with Crippen molar-refractivity contribution in [1.29, 1.82) is 0 Å². The van der Waals surface area contributed by atoms with Gasteiger partial charge in [-0.1, -0.05) is 22.9 Å². The highest BCUT2D eigenvalue weighted by atomic mass is 79.9. The quantitative estimate of drug-likeness (QED) is 0.930. The maximum Gasteiger partial charge on any atom is 0.243 e. The van der Waals surface area contributed by atoms with Crippen LogP contribution in [0.3, 0.4) is 0 Å².